The van der Waals surface area contributed by atoms with E-state index in [1.54, 1.807) is 0 Å². The van der Waals surface area contributed by atoms with E-state index < -0.39 is 0 Å². The molecule has 0 saturated heterocycles. The maximum absolute atomic E-state index is 6.16. The van der Waals surface area contributed by atoms with Gasteiger partial charge in [0.15, 0.2) is 0 Å². The van der Waals surface area contributed by atoms with Crippen molar-refractivity contribution < 1.29 is 0 Å². The van der Waals surface area contributed by atoms with Gasteiger partial charge < -0.3 is 0 Å². The topological polar surface area (TPSA) is 12.9 Å². The van der Waals surface area contributed by atoms with Gasteiger partial charge in [0.05, 0.1) is 5.52 Å². The number of hydrogen-bond acceptors (Lipinski definition) is 1. The Balaban J connectivity index is 2.44. The summed E-state index contributed by atoms with van der Waals surface area (Å²) in [7, 11) is 0. The molecule has 0 radical (unpaired) electrons. The van der Waals surface area contributed by atoms with Gasteiger partial charge in [0.2, 0.25) is 0 Å². The third-order valence-corrected chi connectivity index (χ3v) is 4.30. The zero-order valence-corrected chi connectivity index (χ0v) is 11.2. The van der Waals surface area contributed by atoms with E-state index >= 15 is 0 Å². The number of fused-ring (bicyclic) bond motifs is 2. The summed E-state index contributed by atoms with van der Waals surface area (Å²) in [6, 6.07) is 3.99. The molecule has 17 heavy (non-hydrogen) atoms. The van der Waals surface area contributed by atoms with Gasteiger partial charge in [0.25, 0.3) is 0 Å². The zero-order valence-electron chi connectivity index (χ0n) is 9.69. The van der Waals surface area contributed by atoms with Crippen LogP contribution in [0.1, 0.15) is 28.8 Å². The van der Waals surface area contributed by atoms with Crippen LogP contribution in [0.4, 0.5) is 0 Å². The fraction of sp³-hybridized carbons (Fsp3) is 0.357. The van der Waals surface area contributed by atoms with Crippen molar-refractivity contribution in [2.45, 2.75) is 32.1 Å². The van der Waals surface area contributed by atoms with Crippen molar-refractivity contribution in [3.8, 4) is 0 Å². The number of rotatable bonds is 1. The Morgan fingerprint density at radius 2 is 2.12 bits per heavy atom. The van der Waals surface area contributed by atoms with Gasteiger partial charge in [-0.15, -0.1) is 11.6 Å². The zero-order chi connectivity index (χ0) is 12.0. The molecule has 1 heterocycles. The van der Waals surface area contributed by atoms with Gasteiger partial charge in [-0.3, -0.25) is 4.98 Å². The van der Waals surface area contributed by atoms with Crippen LogP contribution < -0.4 is 0 Å². The SMILES string of the molecule is Cc1c(Cl)ccc2c(CCl)c3c(nc12)CCC3. The van der Waals surface area contributed by atoms with Crippen molar-refractivity contribution in [1.82, 2.24) is 4.98 Å². The highest BCUT2D eigenvalue weighted by molar-refractivity contribution is 6.32. The lowest BCUT2D eigenvalue weighted by Gasteiger charge is -2.12. The van der Waals surface area contributed by atoms with Gasteiger partial charge in [0, 0.05) is 22.0 Å². The average molecular weight is 266 g/mol. The summed E-state index contributed by atoms with van der Waals surface area (Å²) >= 11 is 12.3. The Morgan fingerprint density at radius 1 is 1.29 bits per heavy atom. The summed E-state index contributed by atoms with van der Waals surface area (Å²) in [6.45, 7) is 2.02. The molecule has 2 aromatic rings. The molecule has 0 unspecified atom stereocenters. The monoisotopic (exact) mass is 265 g/mol. The molecule has 0 N–H and O–H groups in total. The molecule has 0 aliphatic heterocycles. The van der Waals surface area contributed by atoms with E-state index in [1.165, 1.54) is 28.6 Å². The number of aromatic nitrogens is 1. The molecular weight excluding hydrogens is 253 g/mol. The third kappa shape index (κ3) is 1.64. The molecule has 0 amide bonds. The van der Waals surface area contributed by atoms with Crippen molar-refractivity contribution in [3.63, 3.8) is 0 Å². The second-order valence-electron chi connectivity index (χ2n) is 4.57. The molecule has 3 heteroatoms. The van der Waals surface area contributed by atoms with Crippen LogP contribution in [0.5, 0.6) is 0 Å². The van der Waals surface area contributed by atoms with Crippen molar-refractivity contribution >= 4 is 34.1 Å². The van der Waals surface area contributed by atoms with Gasteiger partial charge in [-0.05, 0) is 48.9 Å². The van der Waals surface area contributed by atoms with Crippen LogP contribution in [-0.2, 0) is 18.7 Å². The number of aryl methyl sites for hydroxylation is 2. The smallest absolute Gasteiger partial charge is 0.0752 e. The first-order valence-corrected chi connectivity index (χ1v) is 6.79. The maximum atomic E-state index is 6.16. The van der Waals surface area contributed by atoms with E-state index in [1.807, 2.05) is 19.1 Å². The van der Waals surface area contributed by atoms with E-state index in [0.717, 1.165) is 28.9 Å². The van der Waals surface area contributed by atoms with Gasteiger partial charge in [-0.1, -0.05) is 17.7 Å². The minimum Gasteiger partial charge on any atom is -0.252 e. The second-order valence-corrected chi connectivity index (χ2v) is 5.25. The molecule has 1 nitrogen and oxygen atoms in total. The highest BCUT2D eigenvalue weighted by Crippen LogP contribution is 2.34. The van der Waals surface area contributed by atoms with Crippen LogP contribution in [0.2, 0.25) is 5.02 Å². The molecule has 0 fully saturated rings. The van der Waals surface area contributed by atoms with Crippen LogP contribution in [-0.4, -0.2) is 4.98 Å². The summed E-state index contributed by atoms with van der Waals surface area (Å²) in [4.78, 5) is 4.78. The quantitative estimate of drug-likeness (QED) is 0.696. The number of nitrogens with zero attached hydrogens (tertiary/aromatic N) is 1. The van der Waals surface area contributed by atoms with Crippen LogP contribution in [0.3, 0.4) is 0 Å². The molecule has 1 aromatic carbocycles. The summed E-state index contributed by atoms with van der Waals surface area (Å²) in [6.07, 6.45) is 3.37. The maximum Gasteiger partial charge on any atom is 0.0752 e. The van der Waals surface area contributed by atoms with Crippen LogP contribution in [0.15, 0.2) is 12.1 Å². The Kier molecular flexibility index (Phi) is 2.76. The summed E-state index contributed by atoms with van der Waals surface area (Å²) in [5, 5.41) is 1.95. The van der Waals surface area contributed by atoms with Gasteiger partial charge >= 0.3 is 0 Å². The molecule has 3 rings (SSSR count). The minimum atomic E-state index is 0.558. The fourth-order valence-corrected chi connectivity index (χ4v) is 3.15. The van der Waals surface area contributed by atoms with E-state index in [2.05, 4.69) is 0 Å². The van der Waals surface area contributed by atoms with Gasteiger partial charge in [0.1, 0.15) is 0 Å². The average Bonchev–Trinajstić information content (AvgIpc) is 2.79. The Labute approximate surface area is 111 Å². The lowest BCUT2D eigenvalue weighted by Crippen LogP contribution is -1.98. The van der Waals surface area contributed by atoms with Gasteiger partial charge in [-0.25, -0.2) is 0 Å². The first-order chi connectivity index (χ1) is 8.22. The Morgan fingerprint density at radius 3 is 2.88 bits per heavy atom. The largest absolute Gasteiger partial charge is 0.252 e. The third-order valence-electron chi connectivity index (χ3n) is 3.62. The standard InChI is InChI=1S/C14H13Cl2N/c1-8-12(16)6-5-10-11(7-15)9-3-2-4-13(9)17-14(8)10/h5-6H,2-4,7H2,1H3. The number of hydrogen-bond donors (Lipinski definition) is 0. The Bertz CT molecular complexity index is 605. The Hall–Kier alpha value is -0.790. The molecule has 0 spiro atoms. The number of alkyl halides is 1. The fourth-order valence-electron chi connectivity index (χ4n) is 2.69. The highest BCUT2D eigenvalue weighted by atomic mass is 35.5. The van der Waals surface area contributed by atoms with Gasteiger partial charge in [-0.2, -0.15) is 0 Å². The van der Waals surface area contributed by atoms with E-state index in [0.29, 0.717) is 5.88 Å². The molecule has 0 saturated carbocycles. The van der Waals surface area contributed by atoms with Crippen LogP contribution in [0.25, 0.3) is 10.9 Å². The van der Waals surface area contributed by atoms with E-state index in [9.17, 15) is 0 Å². The predicted octanol–water partition coefficient (Wildman–Crippen LogP) is 4.42. The summed E-state index contributed by atoms with van der Waals surface area (Å²) < 4.78 is 0. The number of benzene rings is 1. The summed E-state index contributed by atoms with van der Waals surface area (Å²) in [5.74, 6) is 0.558. The number of halogens is 2. The van der Waals surface area contributed by atoms with Crippen molar-refractivity contribution in [3.05, 3.63) is 39.5 Å². The normalized spacial score (nSPS) is 14.3. The highest BCUT2D eigenvalue weighted by Gasteiger charge is 2.19. The second kappa shape index (κ2) is 4.15. The molecule has 1 aliphatic carbocycles. The van der Waals surface area contributed by atoms with Crippen LogP contribution >= 0.6 is 23.2 Å². The van der Waals surface area contributed by atoms with Crippen molar-refractivity contribution in [2.24, 2.45) is 0 Å². The molecule has 0 bridgehead atoms. The molecule has 1 aliphatic rings. The number of pyridine rings is 1. The van der Waals surface area contributed by atoms with E-state index in [-0.39, 0.29) is 0 Å². The lowest BCUT2D eigenvalue weighted by molar-refractivity contribution is 0.899. The minimum absolute atomic E-state index is 0.558. The first-order valence-electron chi connectivity index (χ1n) is 5.87. The van der Waals surface area contributed by atoms with E-state index in [4.69, 9.17) is 28.2 Å². The molecule has 0 atom stereocenters. The van der Waals surface area contributed by atoms with Crippen molar-refractivity contribution in [2.75, 3.05) is 0 Å². The molecule has 1 aromatic heterocycles. The molecule has 88 valence electrons. The predicted molar refractivity (Wildman–Crippen MR) is 73.1 cm³/mol. The van der Waals surface area contributed by atoms with Crippen molar-refractivity contribution in [1.29, 1.82) is 0 Å². The first kappa shape index (κ1) is 11.3. The van der Waals surface area contributed by atoms with Crippen LogP contribution in [0, 0.1) is 6.92 Å². The molecular formula is C14H13Cl2N. The summed E-state index contributed by atoms with van der Waals surface area (Å²) in [5.41, 5.74) is 5.93. The lowest BCUT2D eigenvalue weighted by atomic mass is 10.0.